The van der Waals surface area contributed by atoms with Crippen LogP contribution in [0.5, 0.6) is 0 Å². The molecule has 16 heavy (non-hydrogen) atoms. The quantitative estimate of drug-likeness (QED) is 0.672. The van der Waals surface area contributed by atoms with E-state index >= 15 is 0 Å². The molecule has 1 unspecified atom stereocenters. The molecule has 0 spiro atoms. The van der Waals surface area contributed by atoms with E-state index in [1.165, 1.54) is 0 Å². The smallest absolute Gasteiger partial charge is 0.0200 e. The Morgan fingerprint density at radius 3 is 2.12 bits per heavy atom. The summed E-state index contributed by atoms with van der Waals surface area (Å²) in [5, 5.41) is 3.52. The minimum Gasteiger partial charge on any atom is -0.315 e. The molecule has 0 bridgehead atoms. The molecule has 2 heteroatoms. The van der Waals surface area contributed by atoms with Crippen LogP contribution in [-0.4, -0.2) is 36.1 Å². The van der Waals surface area contributed by atoms with E-state index in [0.29, 0.717) is 6.04 Å². The topological polar surface area (TPSA) is 15.3 Å². The second kappa shape index (κ2) is 7.08. The molecule has 0 aliphatic rings. The van der Waals surface area contributed by atoms with Crippen molar-refractivity contribution in [3.05, 3.63) is 12.7 Å². The van der Waals surface area contributed by atoms with Crippen molar-refractivity contribution in [3.8, 4) is 0 Å². The molecule has 0 rings (SSSR count). The predicted molar refractivity (Wildman–Crippen MR) is 73.8 cm³/mol. The molecule has 0 aromatic heterocycles. The standard InChI is InChI=1S/C14H30N2/c1-8-9-16(14(5,6)7)13(4)11-15-10-12(2)3/h8,12-13,15H,1,9-11H2,2-7H3. The van der Waals surface area contributed by atoms with Gasteiger partial charge in [-0.05, 0) is 40.2 Å². The molecule has 1 N–H and O–H groups in total. The van der Waals surface area contributed by atoms with E-state index in [4.69, 9.17) is 0 Å². The zero-order valence-corrected chi connectivity index (χ0v) is 12.0. The van der Waals surface area contributed by atoms with Gasteiger partial charge in [0.25, 0.3) is 0 Å². The SMILES string of the molecule is C=CCN(C(C)CNCC(C)C)C(C)(C)C. The fourth-order valence-corrected chi connectivity index (χ4v) is 1.95. The molecule has 0 aliphatic heterocycles. The molecule has 96 valence electrons. The van der Waals surface area contributed by atoms with E-state index in [0.717, 1.165) is 25.6 Å². The minimum absolute atomic E-state index is 0.202. The molecular weight excluding hydrogens is 196 g/mol. The number of hydrogen-bond acceptors (Lipinski definition) is 2. The van der Waals surface area contributed by atoms with Gasteiger partial charge >= 0.3 is 0 Å². The van der Waals surface area contributed by atoms with Gasteiger partial charge < -0.3 is 5.32 Å². The third kappa shape index (κ3) is 6.29. The highest BCUT2D eigenvalue weighted by molar-refractivity contribution is 4.87. The Labute approximate surface area is 102 Å². The Morgan fingerprint density at radius 2 is 1.75 bits per heavy atom. The maximum atomic E-state index is 3.84. The fraction of sp³-hybridized carbons (Fsp3) is 0.857. The van der Waals surface area contributed by atoms with Crippen molar-refractivity contribution < 1.29 is 0 Å². The largest absolute Gasteiger partial charge is 0.315 e. The number of hydrogen-bond donors (Lipinski definition) is 1. The molecule has 0 saturated heterocycles. The maximum absolute atomic E-state index is 3.84. The molecule has 0 heterocycles. The Balaban J connectivity index is 4.17. The second-order valence-electron chi connectivity index (χ2n) is 6.01. The summed E-state index contributed by atoms with van der Waals surface area (Å²) in [4.78, 5) is 2.48. The van der Waals surface area contributed by atoms with Crippen LogP contribution in [0, 0.1) is 5.92 Å². The zero-order chi connectivity index (χ0) is 12.8. The van der Waals surface area contributed by atoms with E-state index in [-0.39, 0.29) is 5.54 Å². The Morgan fingerprint density at radius 1 is 1.19 bits per heavy atom. The Bertz CT molecular complexity index is 191. The Hall–Kier alpha value is -0.340. The summed E-state index contributed by atoms with van der Waals surface area (Å²) >= 11 is 0. The van der Waals surface area contributed by atoms with Gasteiger partial charge in [0.2, 0.25) is 0 Å². The first-order valence-electron chi connectivity index (χ1n) is 6.37. The third-order valence-corrected chi connectivity index (χ3v) is 2.71. The lowest BCUT2D eigenvalue weighted by molar-refractivity contribution is 0.105. The van der Waals surface area contributed by atoms with Gasteiger partial charge in [0.05, 0.1) is 0 Å². The predicted octanol–water partition coefficient (Wildman–Crippen LogP) is 2.91. The van der Waals surface area contributed by atoms with E-state index in [1.807, 2.05) is 6.08 Å². The van der Waals surface area contributed by atoms with Crippen LogP contribution in [0.1, 0.15) is 41.5 Å². The monoisotopic (exact) mass is 226 g/mol. The van der Waals surface area contributed by atoms with E-state index in [9.17, 15) is 0 Å². The summed E-state index contributed by atoms with van der Waals surface area (Å²) in [6, 6.07) is 0.539. The van der Waals surface area contributed by atoms with Gasteiger partial charge in [-0.25, -0.2) is 0 Å². The van der Waals surface area contributed by atoms with Crippen molar-refractivity contribution in [1.29, 1.82) is 0 Å². The van der Waals surface area contributed by atoms with Gasteiger partial charge in [0.1, 0.15) is 0 Å². The second-order valence-corrected chi connectivity index (χ2v) is 6.01. The van der Waals surface area contributed by atoms with Gasteiger partial charge in [-0.2, -0.15) is 0 Å². The van der Waals surface area contributed by atoms with Crippen LogP contribution in [-0.2, 0) is 0 Å². The van der Waals surface area contributed by atoms with E-state index in [2.05, 4.69) is 58.3 Å². The molecule has 0 fully saturated rings. The van der Waals surface area contributed by atoms with Gasteiger partial charge in [-0.15, -0.1) is 6.58 Å². The average Bonchev–Trinajstić information content (AvgIpc) is 2.11. The van der Waals surface area contributed by atoms with E-state index in [1.54, 1.807) is 0 Å². The lowest BCUT2D eigenvalue weighted by atomic mass is 10.0. The average molecular weight is 226 g/mol. The first kappa shape index (κ1) is 15.7. The minimum atomic E-state index is 0.202. The summed E-state index contributed by atoms with van der Waals surface area (Å²) in [5.74, 6) is 0.717. The van der Waals surface area contributed by atoms with Gasteiger partial charge in [-0.1, -0.05) is 19.9 Å². The fourth-order valence-electron chi connectivity index (χ4n) is 1.95. The van der Waals surface area contributed by atoms with Crippen LogP contribution in [0.15, 0.2) is 12.7 Å². The van der Waals surface area contributed by atoms with Crippen molar-refractivity contribution in [2.45, 2.75) is 53.1 Å². The first-order chi connectivity index (χ1) is 7.29. The summed E-state index contributed by atoms with van der Waals surface area (Å²) in [7, 11) is 0. The molecular formula is C14H30N2. The third-order valence-electron chi connectivity index (χ3n) is 2.71. The van der Waals surface area contributed by atoms with Gasteiger partial charge in [-0.3, -0.25) is 4.90 Å². The molecule has 0 saturated carbocycles. The highest BCUT2D eigenvalue weighted by Gasteiger charge is 2.24. The number of nitrogens with zero attached hydrogens (tertiary/aromatic N) is 1. The molecule has 0 radical (unpaired) electrons. The van der Waals surface area contributed by atoms with E-state index < -0.39 is 0 Å². The summed E-state index contributed by atoms with van der Waals surface area (Å²) in [6.45, 7) is 20.5. The molecule has 1 atom stereocenters. The van der Waals surface area contributed by atoms with Crippen molar-refractivity contribution in [3.63, 3.8) is 0 Å². The van der Waals surface area contributed by atoms with Crippen LogP contribution < -0.4 is 5.32 Å². The molecule has 0 aromatic rings. The summed E-state index contributed by atoms with van der Waals surface area (Å²) < 4.78 is 0. The number of rotatable bonds is 7. The van der Waals surface area contributed by atoms with Crippen LogP contribution in [0.3, 0.4) is 0 Å². The van der Waals surface area contributed by atoms with Crippen molar-refractivity contribution in [2.24, 2.45) is 5.92 Å². The van der Waals surface area contributed by atoms with Crippen molar-refractivity contribution >= 4 is 0 Å². The summed E-state index contributed by atoms with van der Waals surface area (Å²) in [6.07, 6.45) is 1.99. The number of nitrogens with one attached hydrogen (secondary N) is 1. The van der Waals surface area contributed by atoms with Crippen molar-refractivity contribution in [1.82, 2.24) is 10.2 Å². The van der Waals surface area contributed by atoms with Crippen LogP contribution in [0.25, 0.3) is 0 Å². The highest BCUT2D eigenvalue weighted by atomic mass is 15.2. The summed E-state index contributed by atoms with van der Waals surface area (Å²) in [5.41, 5.74) is 0.202. The molecule has 0 aromatic carbocycles. The van der Waals surface area contributed by atoms with Crippen LogP contribution in [0.4, 0.5) is 0 Å². The first-order valence-corrected chi connectivity index (χ1v) is 6.37. The van der Waals surface area contributed by atoms with Gasteiger partial charge in [0, 0.05) is 24.7 Å². The maximum Gasteiger partial charge on any atom is 0.0200 e. The lowest BCUT2D eigenvalue weighted by Crippen LogP contribution is -2.50. The van der Waals surface area contributed by atoms with Crippen LogP contribution in [0.2, 0.25) is 0 Å². The molecule has 0 aliphatic carbocycles. The molecule has 0 amide bonds. The van der Waals surface area contributed by atoms with Crippen LogP contribution >= 0.6 is 0 Å². The normalized spacial score (nSPS) is 14.5. The highest BCUT2D eigenvalue weighted by Crippen LogP contribution is 2.16. The van der Waals surface area contributed by atoms with Crippen molar-refractivity contribution in [2.75, 3.05) is 19.6 Å². The van der Waals surface area contributed by atoms with Gasteiger partial charge in [0.15, 0.2) is 0 Å². The Kier molecular flexibility index (Phi) is 6.93. The molecule has 2 nitrogen and oxygen atoms in total. The lowest BCUT2D eigenvalue weighted by Gasteiger charge is -2.39. The zero-order valence-electron chi connectivity index (χ0n) is 12.0.